The van der Waals surface area contributed by atoms with Crippen molar-refractivity contribution >= 4 is 44.2 Å². The van der Waals surface area contributed by atoms with Gasteiger partial charge in [0.2, 0.25) is 5.91 Å². The Hall–Kier alpha value is -2.31. The summed E-state index contributed by atoms with van der Waals surface area (Å²) in [5.41, 5.74) is 2.40. The highest BCUT2D eigenvalue weighted by atomic mass is 35.5. The van der Waals surface area contributed by atoms with E-state index in [0.717, 1.165) is 43.2 Å². The summed E-state index contributed by atoms with van der Waals surface area (Å²) in [7, 11) is 0. The van der Waals surface area contributed by atoms with Gasteiger partial charge in [-0.05, 0) is 42.7 Å². The van der Waals surface area contributed by atoms with Gasteiger partial charge in [-0.15, -0.1) is 0 Å². The van der Waals surface area contributed by atoms with Crippen LogP contribution in [0, 0.1) is 0 Å². The summed E-state index contributed by atoms with van der Waals surface area (Å²) in [6.45, 7) is 5.77. The van der Waals surface area contributed by atoms with Crippen LogP contribution in [0.15, 0.2) is 42.5 Å². The zero-order valence-corrected chi connectivity index (χ0v) is 18.7. The second kappa shape index (κ2) is 9.67. The number of benzene rings is 2. The summed E-state index contributed by atoms with van der Waals surface area (Å²) in [5, 5.41) is 1.65. The molecule has 30 heavy (non-hydrogen) atoms. The van der Waals surface area contributed by atoms with Gasteiger partial charge < -0.3 is 14.5 Å². The fraction of sp³-hybridized carbons (Fsp3) is 0.391. The molecular formula is C23H26ClN3O2S. The summed E-state index contributed by atoms with van der Waals surface area (Å²) in [5.74, 6) is 0.858. The second-order valence-electron chi connectivity index (χ2n) is 7.40. The first-order valence-corrected chi connectivity index (χ1v) is 11.6. The molecule has 0 unspecified atom stereocenters. The first-order valence-electron chi connectivity index (χ1n) is 10.4. The van der Waals surface area contributed by atoms with Crippen LogP contribution in [0.5, 0.6) is 5.75 Å². The van der Waals surface area contributed by atoms with Gasteiger partial charge in [-0.25, -0.2) is 4.98 Å². The summed E-state index contributed by atoms with van der Waals surface area (Å²) in [6.07, 6.45) is 2.21. The number of ether oxygens (including phenoxy) is 1. The number of halogens is 1. The van der Waals surface area contributed by atoms with Gasteiger partial charge >= 0.3 is 0 Å². The van der Waals surface area contributed by atoms with Crippen molar-refractivity contribution in [1.82, 2.24) is 9.88 Å². The van der Waals surface area contributed by atoms with E-state index < -0.39 is 0 Å². The Morgan fingerprint density at radius 1 is 1.17 bits per heavy atom. The molecule has 1 aromatic heterocycles. The van der Waals surface area contributed by atoms with Gasteiger partial charge in [-0.2, -0.15) is 0 Å². The molecule has 1 fully saturated rings. The van der Waals surface area contributed by atoms with E-state index in [1.54, 1.807) is 17.4 Å². The van der Waals surface area contributed by atoms with Crippen LogP contribution in [-0.2, 0) is 11.2 Å². The molecule has 1 amide bonds. The van der Waals surface area contributed by atoms with Crippen molar-refractivity contribution in [3.8, 4) is 5.75 Å². The Morgan fingerprint density at radius 2 is 1.97 bits per heavy atom. The van der Waals surface area contributed by atoms with Gasteiger partial charge in [0.1, 0.15) is 5.75 Å². The minimum absolute atomic E-state index is 0.189. The maximum absolute atomic E-state index is 12.5. The lowest BCUT2D eigenvalue weighted by Crippen LogP contribution is -2.48. The zero-order valence-electron chi connectivity index (χ0n) is 17.1. The van der Waals surface area contributed by atoms with E-state index in [1.807, 2.05) is 23.1 Å². The second-order valence-corrected chi connectivity index (χ2v) is 8.82. The smallest absolute Gasteiger partial charge is 0.222 e. The van der Waals surface area contributed by atoms with Gasteiger partial charge in [0.05, 0.1) is 21.8 Å². The van der Waals surface area contributed by atoms with Crippen LogP contribution in [0.25, 0.3) is 10.2 Å². The van der Waals surface area contributed by atoms with Crippen molar-refractivity contribution < 1.29 is 9.53 Å². The number of amides is 1. The van der Waals surface area contributed by atoms with Crippen molar-refractivity contribution in [3.63, 3.8) is 0 Å². The minimum Gasteiger partial charge on any atom is -0.492 e. The third kappa shape index (κ3) is 4.87. The lowest BCUT2D eigenvalue weighted by atomic mass is 10.2. The van der Waals surface area contributed by atoms with Gasteiger partial charge in [0.25, 0.3) is 0 Å². The highest BCUT2D eigenvalue weighted by molar-refractivity contribution is 7.22. The number of aryl methyl sites for hydroxylation is 1. The average Bonchev–Trinajstić information content (AvgIpc) is 3.21. The Labute approximate surface area is 186 Å². The topological polar surface area (TPSA) is 45.7 Å². The Morgan fingerprint density at radius 3 is 2.73 bits per heavy atom. The zero-order chi connectivity index (χ0) is 20.9. The van der Waals surface area contributed by atoms with Gasteiger partial charge in [-0.1, -0.05) is 48.1 Å². The maximum Gasteiger partial charge on any atom is 0.222 e. The number of nitrogens with zero attached hydrogens (tertiary/aromatic N) is 3. The number of piperazine rings is 1. The third-order valence-corrected chi connectivity index (χ3v) is 6.77. The molecule has 2 heterocycles. The molecular weight excluding hydrogens is 418 g/mol. The van der Waals surface area contributed by atoms with Crippen LogP contribution in [-0.4, -0.2) is 48.6 Å². The molecule has 0 bridgehead atoms. The number of para-hydroxylation sites is 1. The molecule has 0 atom stereocenters. The van der Waals surface area contributed by atoms with Crippen molar-refractivity contribution in [2.75, 3.05) is 37.7 Å². The number of anilines is 1. The Balaban J connectivity index is 1.24. The Kier molecular flexibility index (Phi) is 6.75. The van der Waals surface area contributed by atoms with Crippen LogP contribution >= 0.6 is 22.9 Å². The predicted octanol–water partition coefficient (Wildman–Crippen LogP) is 5.02. The Bertz CT molecular complexity index is 1010. The number of rotatable bonds is 7. The molecule has 0 N–H and O–H groups in total. The number of fused-ring (bicyclic) bond motifs is 1. The largest absolute Gasteiger partial charge is 0.492 e. The van der Waals surface area contributed by atoms with Crippen LogP contribution in [0.4, 0.5) is 5.13 Å². The van der Waals surface area contributed by atoms with E-state index in [1.165, 1.54) is 10.3 Å². The van der Waals surface area contributed by atoms with Crippen LogP contribution in [0.2, 0.25) is 5.02 Å². The monoisotopic (exact) mass is 443 g/mol. The molecule has 4 rings (SSSR count). The molecule has 3 aromatic rings. The maximum atomic E-state index is 12.5. The van der Waals surface area contributed by atoms with Gasteiger partial charge in [0.15, 0.2) is 5.13 Å². The van der Waals surface area contributed by atoms with E-state index in [9.17, 15) is 4.79 Å². The number of hydrogen-bond donors (Lipinski definition) is 0. The van der Waals surface area contributed by atoms with E-state index in [-0.39, 0.29) is 5.91 Å². The first kappa shape index (κ1) is 20.9. The van der Waals surface area contributed by atoms with Gasteiger partial charge in [0, 0.05) is 32.6 Å². The first-order chi connectivity index (χ1) is 14.6. The predicted molar refractivity (Wildman–Crippen MR) is 124 cm³/mol. The molecule has 0 saturated carbocycles. The normalized spacial score (nSPS) is 14.3. The quantitative estimate of drug-likeness (QED) is 0.481. The molecule has 1 aliphatic rings. The fourth-order valence-corrected chi connectivity index (χ4v) is 4.86. The molecule has 7 heteroatoms. The number of hydrogen-bond acceptors (Lipinski definition) is 5. The standard InChI is InChI=1S/C23H26ClN3O2S/c1-2-17-9-10-19-21(16-17)30-23(25-19)27-13-11-26(12-14-27)22(28)8-5-15-29-20-7-4-3-6-18(20)24/h3-4,6-7,9-10,16H,2,5,8,11-15H2,1H3. The minimum atomic E-state index is 0.189. The van der Waals surface area contributed by atoms with E-state index in [4.69, 9.17) is 21.3 Å². The van der Waals surface area contributed by atoms with Crippen molar-refractivity contribution in [2.24, 2.45) is 0 Å². The fourth-order valence-electron chi connectivity index (χ4n) is 3.58. The SMILES string of the molecule is CCc1ccc2nc(N3CCN(C(=O)CCCOc4ccccc4Cl)CC3)sc2c1. The van der Waals surface area contributed by atoms with E-state index in [2.05, 4.69) is 30.0 Å². The summed E-state index contributed by atoms with van der Waals surface area (Å²) >= 11 is 7.83. The molecule has 1 aliphatic heterocycles. The highest BCUT2D eigenvalue weighted by Crippen LogP contribution is 2.30. The lowest BCUT2D eigenvalue weighted by molar-refractivity contribution is -0.131. The molecule has 2 aromatic carbocycles. The molecule has 0 radical (unpaired) electrons. The highest BCUT2D eigenvalue weighted by Gasteiger charge is 2.23. The van der Waals surface area contributed by atoms with Crippen molar-refractivity contribution in [2.45, 2.75) is 26.2 Å². The molecule has 5 nitrogen and oxygen atoms in total. The average molecular weight is 444 g/mol. The number of aromatic nitrogens is 1. The number of carbonyl (C=O) groups excluding carboxylic acids is 1. The molecule has 1 saturated heterocycles. The molecule has 0 spiro atoms. The summed E-state index contributed by atoms with van der Waals surface area (Å²) in [4.78, 5) is 21.6. The molecule has 0 aliphatic carbocycles. The number of carbonyl (C=O) groups is 1. The summed E-state index contributed by atoms with van der Waals surface area (Å²) < 4.78 is 6.91. The number of thiazole rings is 1. The third-order valence-electron chi connectivity index (χ3n) is 5.38. The van der Waals surface area contributed by atoms with Crippen LogP contribution < -0.4 is 9.64 Å². The summed E-state index contributed by atoms with van der Waals surface area (Å²) in [6, 6.07) is 13.9. The lowest BCUT2D eigenvalue weighted by Gasteiger charge is -2.34. The van der Waals surface area contributed by atoms with Gasteiger partial charge in [-0.3, -0.25) is 4.79 Å². The van der Waals surface area contributed by atoms with Crippen LogP contribution in [0.1, 0.15) is 25.3 Å². The van der Waals surface area contributed by atoms with E-state index >= 15 is 0 Å². The van der Waals surface area contributed by atoms with Crippen molar-refractivity contribution in [3.05, 3.63) is 53.1 Å². The van der Waals surface area contributed by atoms with E-state index in [0.29, 0.717) is 30.2 Å². The molecule has 158 valence electrons. The van der Waals surface area contributed by atoms with Crippen LogP contribution in [0.3, 0.4) is 0 Å². The van der Waals surface area contributed by atoms with Crippen molar-refractivity contribution in [1.29, 1.82) is 0 Å².